The molecule has 12 heavy (non-hydrogen) atoms. The maximum Gasteiger partial charge on any atom is 0.283 e. The summed E-state index contributed by atoms with van der Waals surface area (Å²) in [6.45, 7) is 0. The second-order valence-electron chi connectivity index (χ2n) is 2.25. The normalized spacial score (nSPS) is 9.75. The highest BCUT2D eigenvalue weighted by molar-refractivity contribution is 9.10. The topological polar surface area (TPSA) is 43.1 Å². The van der Waals surface area contributed by atoms with Gasteiger partial charge in [0.25, 0.3) is 5.69 Å². The van der Waals surface area contributed by atoms with Gasteiger partial charge in [-0.1, -0.05) is 12.4 Å². The molecule has 1 rings (SSSR count). The van der Waals surface area contributed by atoms with E-state index in [2.05, 4.69) is 15.9 Å². The number of nitro benzene ring substituents is 1. The maximum absolute atomic E-state index is 10.4. The monoisotopic (exact) mass is 225 g/mol. The second kappa shape index (κ2) is 3.71. The molecule has 0 aliphatic heterocycles. The van der Waals surface area contributed by atoms with Crippen LogP contribution in [0.1, 0.15) is 5.56 Å². The standard InChI is InChI=1S/C7H5BBrNO2/c8-4-5-1-2-6(9)7(3-5)10(11)12/h1-3H,4H2. The number of nitro groups is 1. The van der Waals surface area contributed by atoms with Crippen molar-refractivity contribution in [2.24, 2.45) is 0 Å². The molecule has 0 saturated carbocycles. The molecule has 0 heterocycles. The van der Waals surface area contributed by atoms with Gasteiger partial charge in [-0.25, -0.2) is 0 Å². The summed E-state index contributed by atoms with van der Waals surface area (Å²) in [4.78, 5) is 9.98. The fourth-order valence-corrected chi connectivity index (χ4v) is 1.22. The summed E-state index contributed by atoms with van der Waals surface area (Å²) in [5, 5.41) is 10.4. The summed E-state index contributed by atoms with van der Waals surface area (Å²) >= 11 is 3.08. The Balaban J connectivity index is 3.17. The first-order valence-corrected chi connectivity index (χ1v) is 4.07. The number of nitrogens with zero attached hydrogens (tertiary/aromatic N) is 1. The van der Waals surface area contributed by atoms with E-state index in [1.165, 1.54) is 6.07 Å². The maximum atomic E-state index is 10.4. The van der Waals surface area contributed by atoms with Crippen molar-refractivity contribution in [2.45, 2.75) is 6.32 Å². The molecule has 0 atom stereocenters. The van der Waals surface area contributed by atoms with E-state index in [9.17, 15) is 10.1 Å². The van der Waals surface area contributed by atoms with Crippen LogP contribution in [0.25, 0.3) is 0 Å². The van der Waals surface area contributed by atoms with Crippen molar-refractivity contribution in [3.63, 3.8) is 0 Å². The quantitative estimate of drug-likeness (QED) is 0.439. The third-order valence-electron chi connectivity index (χ3n) is 1.44. The van der Waals surface area contributed by atoms with Crippen LogP contribution in [0.2, 0.25) is 0 Å². The highest BCUT2D eigenvalue weighted by atomic mass is 79.9. The van der Waals surface area contributed by atoms with Gasteiger partial charge in [-0.05, 0) is 27.6 Å². The first kappa shape index (κ1) is 9.25. The minimum atomic E-state index is -0.441. The average molecular weight is 226 g/mol. The summed E-state index contributed by atoms with van der Waals surface area (Å²) in [6.07, 6.45) is 0.314. The number of benzene rings is 1. The van der Waals surface area contributed by atoms with E-state index in [-0.39, 0.29) is 5.69 Å². The lowest BCUT2D eigenvalue weighted by Gasteiger charge is -1.98. The number of rotatable bonds is 2. The SMILES string of the molecule is [B]Cc1ccc(Br)c([N+](=O)[O-])c1. The van der Waals surface area contributed by atoms with E-state index in [0.717, 1.165) is 5.56 Å². The molecular formula is C7H5BBrNO2. The van der Waals surface area contributed by atoms with Crippen molar-refractivity contribution in [3.8, 4) is 0 Å². The van der Waals surface area contributed by atoms with E-state index in [0.29, 0.717) is 10.8 Å². The predicted molar refractivity (Wildman–Crippen MR) is 50.3 cm³/mol. The lowest BCUT2D eigenvalue weighted by Crippen LogP contribution is -1.91. The lowest BCUT2D eigenvalue weighted by atomic mass is 9.97. The highest BCUT2D eigenvalue weighted by Crippen LogP contribution is 2.25. The van der Waals surface area contributed by atoms with E-state index < -0.39 is 4.92 Å². The minimum absolute atomic E-state index is 0.0537. The van der Waals surface area contributed by atoms with E-state index >= 15 is 0 Å². The molecule has 0 fully saturated rings. The van der Waals surface area contributed by atoms with Gasteiger partial charge in [-0.15, -0.1) is 0 Å². The van der Waals surface area contributed by atoms with Gasteiger partial charge in [0.05, 0.1) is 17.2 Å². The lowest BCUT2D eigenvalue weighted by molar-refractivity contribution is -0.385. The smallest absolute Gasteiger partial charge is 0.258 e. The summed E-state index contributed by atoms with van der Waals surface area (Å²) in [6, 6.07) is 4.83. The van der Waals surface area contributed by atoms with Crippen LogP contribution in [0.15, 0.2) is 22.7 Å². The molecule has 2 radical (unpaired) electrons. The molecule has 5 heteroatoms. The molecule has 60 valence electrons. The third kappa shape index (κ3) is 1.85. The first-order chi connectivity index (χ1) is 5.65. The fraction of sp³-hybridized carbons (Fsp3) is 0.143. The fourth-order valence-electron chi connectivity index (χ4n) is 0.825. The first-order valence-electron chi connectivity index (χ1n) is 3.28. The van der Waals surface area contributed by atoms with Crippen molar-refractivity contribution in [1.29, 1.82) is 0 Å². The Kier molecular flexibility index (Phi) is 2.86. The third-order valence-corrected chi connectivity index (χ3v) is 2.11. The molecule has 1 aromatic carbocycles. The Morgan fingerprint density at radius 1 is 1.58 bits per heavy atom. The van der Waals surface area contributed by atoms with Crippen LogP contribution >= 0.6 is 15.9 Å². The van der Waals surface area contributed by atoms with Crippen LogP contribution in [0, 0.1) is 10.1 Å². The van der Waals surface area contributed by atoms with Crippen molar-refractivity contribution in [2.75, 3.05) is 0 Å². The molecule has 0 N–H and O–H groups in total. The van der Waals surface area contributed by atoms with Gasteiger partial charge in [0.2, 0.25) is 0 Å². The Morgan fingerprint density at radius 3 is 2.75 bits per heavy atom. The molecule has 0 spiro atoms. The largest absolute Gasteiger partial charge is 0.283 e. The van der Waals surface area contributed by atoms with Gasteiger partial charge in [-0.3, -0.25) is 10.1 Å². The molecule has 0 bridgehead atoms. The van der Waals surface area contributed by atoms with Gasteiger partial charge in [0, 0.05) is 6.07 Å². The molecule has 0 aliphatic carbocycles. The van der Waals surface area contributed by atoms with Crippen LogP contribution in [-0.4, -0.2) is 12.8 Å². The van der Waals surface area contributed by atoms with Crippen molar-refractivity contribution >= 4 is 29.5 Å². The molecule has 0 unspecified atom stereocenters. The summed E-state index contributed by atoms with van der Waals surface area (Å²) in [5.74, 6) is 0. The Bertz CT molecular complexity index is 316. The van der Waals surface area contributed by atoms with Crippen molar-refractivity contribution in [3.05, 3.63) is 38.3 Å². The summed E-state index contributed by atoms with van der Waals surface area (Å²) in [5.41, 5.74) is 0.808. The molecular weight excluding hydrogens is 221 g/mol. The number of hydrogen-bond acceptors (Lipinski definition) is 2. The Hall–Kier alpha value is -0.835. The predicted octanol–water partition coefficient (Wildman–Crippen LogP) is 2.03. The van der Waals surface area contributed by atoms with Crippen LogP contribution in [0.3, 0.4) is 0 Å². The van der Waals surface area contributed by atoms with Crippen LogP contribution in [0.4, 0.5) is 5.69 Å². The summed E-state index contributed by atoms with van der Waals surface area (Å²) < 4.78 is 0.477. The van der Waals surface area contributed by atoms with Gasteiger partial charge < -0.3 is 0 Å². The molecule has 0 saturated heterocycles. The molecule has 0 amide bonds. The van der Waals surface area contributed by atoms with Gasteiger partial charge in [0.15, 0.2) is 0 Å². The molecule has 1 aromatic rings. The van der Waals surface area contributed by atoms with E-state index in [1.807, 2.05) is 0 Å². The number of halogens is 1. The van der Waals surface area contributed by atoms with Crippen LogP contribution in [0.5, 0.6) is 0 Å². The number of hydrogen-bond donors (Lipinski definition) is 0. The highest BCUT2D eigenvalue weighted by Gasteiger charge is 2.10. The zero-order chi connectivity index (χ0) is 9.14. The molecule has 3 nitrogen and oxygen atoms in total. The van der Waals surface area contributed by atoms with Gasteiger partial charge >= 0.3 is 0 Å². The zero-order valence-electron chi connectivity index (χ0n) is 6.16. The average Bonchev–Trinajstić information content (AvgIpc) is 2.05. The summed E-state index contributed by atoms with van der Waals surface area (Å²) in [7, 11) is 5.33. The minimum Gasteiger partial charge on any atom is -0.258 e. The molecule has 0 aliphatic rings. The Labute approximate surface area is 79.5 Å². The molecule has 0 aromatic heterocycles. The zero-order valence-corrected chi connectivity index (χ0v) is 7.74. The van der Waals surface area contributed by atoms with Crippen molar-refractivity contribution in [1.82, 2.24) is 0 Å². The Morgan fingerprint density at radius 2 is 2.25 bits per heavy atom. The van der Waals surface area contributed by atoms with Gasteiger partial charge in [-0.2, -0.15) is 0 Å². The van der Waals surface area contributed by atoms with Crippen LogP contribution < -0.4 is 0 Å². The second-order valence-corrected chi connectivity index (χ2v) is 3.10. The van der Waals surface area contributed by atoms with Crippen molar-refractivity contribution < 1.29 is 4.92 Å². The van der Waals surface area contributed by atoms with E-state index in [4.69, 9.17) is 7.85 Å². The van der Waals surface area contributed by atoms with Crippen LogP contribution in [-0.2, 0) is 6.32 Å². The van der Waals surface area contributed by atoms with Gasteiger partial charge in [0.1, 0.15) is 0 Å². The van der Waals surface area contributed by atoms with E-state index in [1.54, 1.807) is 12.1 Å².